The molecule has 9 nitrogen and oxygen atoms in total. The lowest BCUT2D eigenvalue weighted by molar-refractivity contribution is 0.0948. The molecule has 0 bridgehead atoms. The molecule has 3 aromatic rings. The van der Waals surface area contributed by atoms with Gasteiger partial charge < -0.3 is 10.2 Å². The van der Waals surface area contributed by atoms with E-state index in [0.717, 1.165) is 25.1 Å². The Labute approximate surface area is 196 Å². The van der Waals surface area contributed by atoms with Crippen LogP contribution >= 0.6 is 11.6 Å². The maximum Gasteiger partial charge on any atom is 0.274 e. The smallest absolute Gasteiger partial charge is 0.274 e. The van der Waals surface area contributed by atoms with Gasteiger partial charge in [0.25, 0.3) is 11.8 Å². The van der Waals surface area contributed by atoms with Crippen LogP contribution < -0.4 is 21.3 Å². The Balaban J connectivity index is 1.68. The molecule has 3 N–H and O–H groups in total. The zero-order valence-corrected chi connectivity index (χ0v) is 19.1. The van der Waals surface area contributed by atoms with Crippen LogP contribution in [-0.2, 0) is 13.0 Å². The highest BCUT2D eigenvalue weighted by Gasteiger charge is 2.19. The predicted octanol–water partition coefficient (Wildman–Crippen LogP) is 2.66. The zero-order chi connectivity index (χ0) is 23.4. The highest BCUT2D eigenvalue weighted by atomic mass is 35.5. The number of nitrogens with one attached hydrogen (secondary N) is 3. The van der Waals surface area contributed by atoms with Crippen LogP contribution in [0.5, 0.6) is 0 Å². The van der Waals surface area contributed by atoms with E-state index >= 15 is 0 Å². The van der Waals surface area contributed by atoms with Crippen LogP contribution in [0.15, 0.2) is 55.1 Å². The first-order valence-electron chi connectivity index (χ1n) is 10.4. The molecule has 2 aromatic carbocycles. The average molecular weight is 466 g/mol. The number of aromatic nitrogens is 2. The molecule has 0 spiro atoms. The lowest BCUT2D eigenvalue weighted by Crippen LogP contribution is -2.46. The van der Waals surface area contributed by atoms with E-state index in [-0.39, 0.29) is 11.5 Å². The Morgan fingerprint density at radius 1 is 1.06 bits per heavy atom. The summed E-state index contributed by atoms with van der Waals surface area (Å²) in [6.45, 7) is 1.78. The van der Waals surface area contributed by atoms with Crippen molar-refractivity contribution in [2.75, 3.05) is 31.2 Å². The molecule has 170 valence electrons. The molecule has 2 heterocycles. The van der Waals surface area contributed by atoms with Gasteiger partial charge >= 0.3 is 0 Å². The first kappa shape index (κ1) is 22.5. The van der Waals surface area contributed by atoms with Gasteiger partial charge in [-0.2, -0.15) is 5.12 Å². The second-order valence-corrected chi connectivity index (χ2v) is 8.14. The highest BCUT2D eigenvalue weighted by molar-refractivity contribution is 6.33. The molecular formula is C23H24ClN7O2. The maximum absolute atomic E-state index is 12.9. The first-order chi connectivity index (χ1) is 15.9. The summed E-state index contributed by atoms with van der Waals surface area (Å²) in [5, 5.41) is 4.57. The fraction of sp³-hybridized carbons (Fsp3) is 0.217. The summed E-state index contributed by atoms with van der Waals surface area (Å²) < 4.78 is 0. The van der Waals surface area contributed by atoms with E-state index in [9.17, 15) is 9.59 Å². The van der Waals surface area contributed by atoms with Crippen LogP contribution in [0.1, 0.15) is 31.8 Å². The second kappa shape index (κ2) is 9.85. The van der Waals surface area contributed by atoms with E-state index < -0.39 is 5.91 Å². The zero-order valence-electron chi connectivity index (χ0n) is 18.3. The minimum atomic E-state index is -0.428. The number of carbonyl (C=O) groups is 2. The Morgan fingerprint density at radius 3 is 2.61 bits per heavy atom. The second-order valence-electron chi connectivity index (χ2n) is 7.73. The predicted molar refractivity (Wildman–Crippen MR) is 127 cm³/mol. The molecule has 10 heteroatoms. The fourth-order valence-electron chi connectivity index (χ4n) is 3.60. The summed E-state index contributed by atoms with van der Waals surface area (Å²) in [7, 11) is 3.63. The number of likely N-dealkylation sites (N-methyl/N-ethyl adjacent to an activating group) is 1. The quantitative estimate of drug-likeness (QED) is 0.481. The van der Waals surface area contributed by atoms with Gasteiger partial charge in [0, 0.05) is 38.1 Å². The van der Waals surface area contributed by atoms with Gasteiger partial charge in [-0.1, -0.05) is 17.7 Å². The molecule has 1 aliphatic heterocycles. The van der Waals surface area contributed by atoms with E-state index in [4.69, 9.17) is 11.6 Å². The van der Waals surface area contributed by atoms with E-state index in [0.29, 0.717) is 22.0 Å². The van der Waals surface area contributed by atoms with Crippen LogP contribution in [0, 0.1) is 0 Å². The molecule has 4 rings (SSSR count). The molecule has 1 aliphatic rings. The van der Waals surface area contributed by atoms with Crippen molar-refractivity contribution in [3.63, 3.8) is 0 Å². The number of benzene rings is 2. The van der Waals surface area contributed by atoms with Gasteiger partial charge in [0.05, 0.1) is 22.0 Å². The number of fused-ring (bicyclic) bond motifs is 1. The molecular weight excluding hydrogens is 442 g/mol. The molecule has 2 amide bonds. The van der Waals surface area contributed by atoms with Gasteiger partial charge in [-0.05, 0) is 54.9 Å². The van der Waals surface area contributed by atoms with Crippen molar-refractivity contribution in [3.8, 4) is 0 Å². The Bertz CT molecular complexity index is 1170. The third-order valence-corrected chi connectivity index (χ3v) is 5.67. The maximum atomic E-state index is 12.9. The van der Waals surface area contributed by atoms with Crippen LogP contribution in [0.3, 0.4) is 0 Å². The van der Waals surface area contributed by atoms with Gasteiger partial charge in [0.2, 0.25) is 0 Å². The topological polar surface area (TPSA) is 102 Å². The van der Waals surface area contributed by atoms with Crippen molar-refractivity contribution in [2.24, 2.45) is 0 Å². The SMILES string of the molecule is CNC(=O)c1cccc(N(NC(=O)c2cncnc2)Nc2cc3c(cc2Cl)CCN(C)C3)c1. The van der Waals surface area contributed by atoms with Gasteiger partial charge in [-0.15, -0.1) is 0 Å². The Morgan fingerprint density at radius 2 is 1.85 bits per heavy atom. The van der Waals surface area contributed by atoms with Crippen molar-refractivity contribution in [1.29, 1.82) is 0 Å². The van der Waals surface area contributed by atoms with E-state index in [2.05, 4.69) is 38.1 Å². The summed E-state index contributed by atoms with van der Waals surface area (Å²) in [5.74, 6) is -0.670. The molecule has 33 heavy (non-hydrogen) atoms. The third kappa shape index (κ3) is 5.21. The summed E-state index contributed by atoms with van der Waals surface area (Å²) >= 11 is 6.59. The molecule has 0 aliphatic carbocycles. The van der Waals surface area contributed by atoms with Crippen molar-refractivity contribution in [3.05, 3.63) is 82.4 Å². The number of hydrogen-bond acceptors (Lipinski definition) is 7. The number of amides is 2. The van der Waals surface area contributed by atoms with Gasteiger partial charge in [0.15, 0.2) is 0 Å². The number of hydrazine groups is 2. The van der Waals surface area contributed by atoms with E-state index in [1.807, 2.05) is 12.1 Å². The number of nitrogens with zero attached hydrogens (tertiary/aromatic N) is 4. The van der Waals surface area contributed by atoms with Gasteiger partial charge in [-0.25, -0.2) is 15.4 Å². The molecule has 0 atom stereocenters. The Hall–Kier alpha value is -3.69. The van der Waals surface area contributed by atoms with E-state index in [1.165, 1.54) is 29.4 Å². The third-order valence-electron chi connectivity index (χ3n) is 5.35. The van der Waals surface area contributed by atoms with Crippen molar-refractivity contribution >= 4 is 34.8 Å². The highest BCUT2D eigenvalue weighted by Crippen LogP contribution is 2.30. The summed E-state index contributed by atoms with van der Waals surface area (Å²) in [6, 6.07) is 10.8. The van der Waals surface area contributed by atoms with Crippen molar-refractivity contribution in [2.45, 2.75) is 13.0 Å². The summed E-state index contributed by atoms with van der Waals surface area (Å²) in [6.07, 6.45) is 5.12. The lowest BCUT2D eigenvalue weighted by atomic mass is 9.99. The minimum Gasteiger partial charge on any atom is -0.355 e. The molecule has 0 saturated heterocycles. The number of rotatable bonds is 6. The van der Waals surface area contributed by atoms with Crippen molar-refractivity contribution in [1.82, 2.24) is 25.6 Å². The van der Waals surface area contributed by atoms with Gasteiger partial charge in [-0.3, -0.25) is 15.0 Å². The lowest BCUT2D eigenvalue weighted by Gasteiger charge is -2.30. The van der Waals surface area contributed by atoms with E-state index in [1.54, 1.807) is 31.3 Å². The molecule has 1 aromatic heterocycles. The molecule has 0 saturated carbocycles. The largest absolute Gasteiger partial charge is 0.355 e. The van der Waals surface area contributed by atoms with Crippen molar-refractivity contribution < 1.29 is 9.59 Å². The first-order valence-corrected chi connectivity index (χ1v) is 10.8. The number of carbonyl (C=O) groups excluding carboxylic acids is 2. The number of anilines is 2. The normalized spacial score (nSPS) is 13.1. The van der Waals surface area contributed by atoms with Crippen LogP contribution in [0.4, 0.5) is 11.4 Å². The number of halogens is 1. The molecule has 0 fully saturated rings. The fourth-order valence-corrected chi connectivity index (χ4v) is 3.83. The molecule has 0 radical (unpaired) electrons. The average Bonchev–Trinajstić information content (AvgIpc) is 2.84. The monoisotopic (exact) mass is 465 g/mol. The van der Waals surface area contributed by atoms with Gasteiger partial charge in [0.1, 0.15) is 6.33 Å². The summed E-state index contributed by atoms with van der Waals surface area (Å²) in [4.78, 5) is 35.1. The minimum absolute atomic E-state index is 0.241. The molecule has 0 unspecified atom stereocenters. The Kier molecular flexibility index (Phi) is 6.71. The van der Waals surface area contributed by atoms with Crippen LogP contribution in [-0.4, -0.2) is 47.3 Å². The van der Waals surface area contributed by atoms with Crippen LogP contribution in [0.25, 0.3) is 0 Å². The standard InChI is InChI=1S/C23H24ClN7O2/c1-25-22(32)16-4-3-5-19(8-16)31(29-23(33)18-11-26-14-27-12-18)28-21-10-17-13-30(2)7-6-15(17)9-20(21)24/h3-5,8-12,14,28H,6-7,13H2,1-2H3,(H,25,32)(H,29,33). The van der Waals surface area contributed by atoms with Crippen LogP contribution in [0.2, 0.25) is 5.02 Å². The number of hydrogen-bond donors (Lipinski definition) is 3. The summed E-state index contributed by atoms with van der Waals surface area (Å²) in [5.41, 5.74) is 10.3.